The molecule has 2 amide bonds. The van der Waals surface area contributed by atoms with E-state index in [0.29, 0.717) is 27.9 Å². The average Bonchev–Trinajstić information content (AvgIpc) is 3.07. The summed E-state index contributed by atoms with van der Waals surface area (Å²) in [5.41, 5.74) is 1.70. The quantitative estimate of drug-likeness (QED) is 0.140. The SMILES string of the molecule is CCCCNC(=O)[C@H](Cc1ccccc1)N(Cc1ccccc1Cl)C(=O)CN(c1ccc(Cl)cc1)S(=O)(=O)c1ccc(OC)cc1. The Kier molecular flexibility index (Phi) is 12.5. The molecule has 4 aromatic rings. The van der Waals surface area contributed by atoms with Gasteiger partial charge in [-0.15, -0.1) is 0 Å². The zero-order chi connectivity index (χ0) is 33.1. The fraction of sp³-hybridized carbons (Fsp3) is 0.257. The number of carbonyl (C=O) groups excluding carboxylic acids is 2. The predicted octanol–water partition coefficient (Wildman–Crippen LogP) is 6.75. The van der Waals surface area contributed by atoms with E-state index in [0.717, 1.165) is 22.7 Å². The highest BCUT2D eigenvalue weighted by Crippen LogP contribution is 2.28. The van der Waals surface area contributed by atoms with Crippen molar-refractivity contribution in [2.75, 3.05) is 24.5 Å². The molecular weight excluding hydrogens is 645 g/mol. The minimum absolute atomic E-state index is 0.0196. The number of sulfonamides is 1. The fourth-order valence-electron chi connectivity index (χ4n) is 4.88. The Labute approximate surface area is 280 Å². The van der Waals surface area contributed by atoms with Gasteiger partial charge in [-0.1, -0.05) is 85.1 Å². The van der Waals surface area contributed by atoms with E-state index in [9.17, 15) is 18.0 Å². The molecule has 4 rings (SSSR count). The van der Waals surface area contributed by atoms with Crippen LogP contribution in [-0.4, -0.2) is 51.4 Å². The molecule has 8 nitrogen and oxygen atoms in total. The van der Waals surface area contributed by atoms with Gasteiger partial charge in [0.25, 0.3) is 10.0 Å². The summed E-state index contributed by atoms with van der Waals surface area (Å²) in [7, 11) is -2.78. The molecule has 0 aliphatic rings. The Bertz CT molecular complexity index is 1700. The number of rotatable bonds is 15. The maximum atomic E-state index is 14.5. The van der Waals surface area contributed by atoms with E-state index >= 15 is 0 Å². The van der Waals surface area contributed by atoms with Gasteiger partial charge in [0, 0.05) is 29.6 Å². The fourth-order valence-corrected chi connectivity index (χ4v) is 6.62. The van der Waals surface area contributed by atoms with Gasteiger partial charge in [0.15, 0.2) is 0 Å². The molecule has 0 radical (unpaired) electrons. The summed E-state index contributed by atoms with van der Waals surface area (Å²) < 4.78 is 34.5. The Morgan fingerprint density at radius 2 is 1.52 bits per heavy atom. The van der Waals surface area contributed by atoms with Crippen molar-refractivity contribution in [3.63, 3.8) is 0 Å². The molecule has 0 unspecified atom stereocenters. The van der Waals surface area contributed by atoms with Gasteiger partial charge in [0.1, 0.15) is 18.3 Å². The molecule has 11 heteroatoms. The first kappa shape index (κ1) is 34.8. The Morgan fingerprint density at radius 3 is 2.15 bits per heavy atom. The lowest BCUT2D eigenvalue weighted by atomic mass is 10.0. The lowest BCUT2D eigenvalue weighted by Crippen LogP contribution is -2.53. The van der Waals surface area contributed by atoms with Crippen LogP contribution in [0.4, 0.5) is 5.69 Å². The zero-order valence-electron chi connectivity index (χ0n) is 25.7. The van der Waals surface area contributed by atoms with Gasteiger partial charge in [-0.2, -0.15) is 0 Å². The summed E-state index contributed by atoms with van der Waals surface area (Å²) >= 11 is 12.7. The standard InChI is InChI=1S/C35H37Cl2N3O5S/c1-3-4-22-38-35(42)33(23-26-10-6-5-7-11-26)39(24-27-12-8-9-13-32(27)37)34(41)25-40(29-16-14-28(36)15-17-29)46(43,44)31-20-18-30(45-2)19-21-31/h5-21,33H,3-4,22-25H2,1-2H3,(H,38,42)/t33-/m0/s1. The van der Waals surface area contributed by atoms with Crippen molar-refractivity contribution >= 4 is 50.7 Å². The van der Waals surface area contributed by atoms with E-state index in [1.807, 2.05) is 37.3 Å². The summed E-state index contributed by atoms with van der Waals surface area (Å²) in [6.45, 7) is 1.86. The molecule has 0 heterocycles. The normalized spacial score (nSPS) is 11.8. The second-order valence-electron chi connectivity index (χ2n) is 10.6. The van der Waals surface area contributed by atoms with Gasteiger partial charge in [0.2, 0.25) is 11.8 Å². The van der Waals surface area contributed by atoms with Crippen LogP contribution < -0.4 is 14.4 Å². The van der Waals surface area contributed by atoms with Crippen LogP contribution in [0.25, 0.3) is 0 Å². The highest BCUT2D eigenvalue weighted by Gasteiger charge is 2.35. The monoisotopic (exact) mass is 681 g/mol. The second kappa shape index (κ2) is 16.5. The van der Waals surface area contributed by atoms with Crippen molar-refractivity contribution < 1.29 is 22.7 Å². The number of unbranched alkanes of at least 4 members (excludes halogenated alkanes) is 1. The second-order valence-corrected chi connectivity index (χ2v) is 13.3. The predicted molar refractivity (Wildman–Crippen MR) is 183 cm³/mol. The topological polar surface area (TPSA) is 96.0 Å². The van der Waals surface area contributed by atoms with Gasteiger partial charge in [-0.05, 0) is 72.1 Å². The van der Waals surface area contributed by atoms with Crippen LogP contribution in [0, 0.1) is 0 Å². The van der Waals surface area contributed by atoms with Crippen molar-refractivity contribution in [3.8, 4) is 5.75 Å². The van der Waals surface area contributed by atoms with Crippen LogP contribution in [0.3, 0.4) is 0 Å². The van der Waals surface area contributed by atoms with Crippen molar-refractivity contribution in [1.82, 2.24) is 10.2 Å². The summed E-state index contributed by atoms with van der Waals surface area (Å²) in [5, 5.41) is 3.80. The molecular formula is C35H37Cl2N3O5S. The summed E-state index contributed by atoms with van der Waals surface area (Å²) in [6, 6.07) is 27.6. The first-order valence-corrected chi connectivity index (χ1v) is 17.1. The number of hydrogen-bond donors (Lipinski definition) is 1. The van der Waals surface area contributed by atoms with Gasteiger partial charge in [0.05, 0.1) is 17.7 Å². The van der Waals surface area contributed by atoms with Gasteiger partial charge >= 0.3 is 0 Å². The summed E-state index contributed by atoms with van der Waals surface area (Å²) in [5.74, 6) is -0.441. The van der Waals surface area contributed by atoms with Gasteiger partial charge in [-0.25, -0.2) is 8.42 Å². The Balaban J connectivity index is 1.79. The van der Waals surface area contributed by atoms with E-state index in [2.05, 4.69) is 5.32 Å². The smallest absolute Gasteiger partial charge is 0.264 e. The number of methoxy groups -OCH3 is 1. The number of nitrogens with one attached hydrogen (secondary N) is 1. The van der Waals surface area contributed by atoms with E-state index in [-0.39, 0.29) is 29.5 Å². The third-order valence-electron chi connectivity index (χ3n) is 7.44. The molecule has 46 heavy (non-hydrogen) atoms. The Morgan fingerprint density at radius 1 is 0.870 bits per heavy atom. The van der Waals surface area contributed by atoms with Crippen LogP contribution in [0.1, 0.15) is 30.9 Å². The molecule has 242 valence electrons. The number of ether oxygens (including phenoxy) is 1. The number of hydrogen-bond acceptors (Lipinski definition) is 5. The van der Waals surface area contributed by atoms with Crippen LogP contribution in [0.5, 0.6) is 5.75 Å². The third-order valence-corrected chi connectivity index (χ3v) is 9.85. The van der Waals surface area contributed by atoms with Crippen LogP contribution in [-0.2, 0) is 32.6 Å². The minimum Gasteiger partial charge on any atom is -0.497 e. The summed E-state index contributed by atoms with van der Waals surface area (Å²) in [6.07, 6.45) is 1.86. The van der Waals surface area contributed by atoms with Crippen LogP contribution in [0.2, 0.25) is 10.0 Å². The van der Waals surface area contributed by atoms with Crippen molar-refractivity contribution in [2.45, 2.75) is 43.7 Å². The number of benzene rings is 4. The molecule has 0 saturated carbocycles. The van der Waals surface area contributed by atoms with Crippen molar-refractivity contribution in [3.05, 3.63) is 124 Å². The van der Waals surface area contributed by atoms with E-state index in [1.54, 1.807) is 36.4 Å². The molecule has 0 aliphatic heterocycles. The molecule has 0 aromatic heterocycles. The summed E-state index contributed by atoms with van der Waals surface area (Å²) in [4.78, 5) is 29.7. The molecule has 0 fully saturated rings. The largest absolute Gasteiger partial charge is 0.497 e. The van der Waals surface area contributed by atoms with Crippen molar-refractivity contribution in [2.24, 2.45) is 0 Å². The molecule has 0 saturated heterocycles. The first-order valence-electron chi connectivity index (χ1n) is 14.9. The van der Waals surface area contributed by atoms with Crippen LogP contribution in [0.15, 0.2) is 108 Å². The van der Waals surface area contributed by atoms with Crippen LogP contribution >= 0.6 is 23.2 Å². The van der Waals surface area contributed by atoms with E-state index in [4.69, 9.17) is 27.9 Å². The number of halogens is 2. The Hall–Kier alpha value is -4.05. The number of nitrogens with zero attached hydrogens (tertiary/aromatic N) is 2. The number of amides is 2. The molecule has 1 atom stereocenters. The highest BCUT2D eigenvalue weighted by molar-refractivity contribution is 7.92. The third kappa shape index (κ3) is 9.02. The van der Waals surface area contributed by atoms with Crippen molar-refractivity contribution in [1.29, 1.82) is 0 Å². The zero-order valence-corrected chi connectivity index (χ0v) is 28.1. The minimum atomic E-state index is -4.26. The maximum Gasteiger partial charge on any atom is 0.264 e. The molecule has 0 aliphatic carbocycles. The lowest BCUT2D eigenvalue weighted by Gasteiger charge is -2.34. The molecule has 1 N–H and O–H groups in total. The van der Waals surface area contributed by atoms with Gasteiger partial charge < -0.3 is 15.0 Å². The van der Waals surface area contributed by atoms with Gasteiger partial charge in [-0.3, -0.25) is 13.9 Å². The lowest BCUT2D eigenvalue weighted by molar-refractivity contribution is -0.140. The highest BCUT2D eigenvalue weighted by atomic mass is 35.5. The first-order chi connectivity index (χ1) is 22.1. The molecule has 0 spiro atoms. The van der Waals surface area contributed by atoms with E-state index < -0.39 is 28.5 Å². The number of anilines is 1. The van der Waals surface area contributed by atoms with E-state index in [1.165, 1.54) is 48.4 Å². The molecule has 0 bridgehead atoms. The molecule has 4 aromatic carbocycles. The maximum absolute atomic E-state index is 14.5. The average molecular weight is 683 g/mol. The number of carbonyl (C=O) groups is 2.